The van der Waals surface area contributed by atoms with E-state index in [0.717, 1.165) is 27.8 Å². The molecule has 0 aliphatic heterocycles. The Balaban J connectivity index is 2.12. The second kappa shape index (κ2) is 5.40. The number of fused-ring (bicyclic) bond motifs is 1. The molecule has 0 aromatic carbocycles. The molecule has 21 heavy (non-hydrogen) atoms. The van der Waals surface area contributed by atoms with Gasteiger partial charge in [0, 0.05) is 35.0 Å². The minimum absolute atomic E-state index is 0.0652. The molecule has 6 nitrogen and oxygen atoms in total. The molecule has 0 radical (unpaired) electrons. The van der Waals surface area contributed by atoms with Crippen molar-refractivity contribution in [3.05, 3.63) is 50.9 Å². The molecule has 3 rings (SSSR count). The summed E-state index contributed by atoms with van der Waals surface area (Å²) in [4.78, 5) is 16.6. The van der Waals surface area contributed by atoms with E-state index in [2.05, 4.69) is 31.2 Å². The standard InChI is InChI=1S/C14H14BrN5O/c1-3-20-13(9(2)17-18-20)8-19-5-4-10-11(14(19)21)6-16-7-12(10)15/h4-7H,3,8H2,1-2H3. The van der Waals surface area contributed by atoms with Crippen molar-refractivity contribution in [1.82, 2.24) is 24.5 Å². The van der Waals surface area contributed by atoms with E-state index in [1.807, 2.05) is 24.6 Å². The molecule has 3 heterocycles. The molecule has 0 saturated heterocycles. The van der Waals surface area contributed by atoms with Gasteiger partial charge in [-0.1, -0.05) is 5.21 Å². The lowest BCUT2D eigenvalue weighted by Crippen LogP contribution is -2.22. The predicted molar refractivity (Wildman–Crippen MR) is 83.2 cm³/mol. The monoisotopic (exact) mass is 347 g/mol. The van der Waals surface area contributed by atoms with Gasteiger partial charge in [0.2, 0.25) is 0 Å². The van der Waals surface area contributed by atoms with Crippen LogP contribution in [0.1, 0.15) is 18.3 Å². The van der Waals surface area contributed by atoms with Gasteiger partial charge in [0.1, 0.15) is 0 Å². The summed E-state index contributed by atoms with van der Waals surface area (Å²) in [5.74, 6) is 0. The van der Waals surface area contributed by atoms with Crippen LogP contribution >= 0.6 is 15.9 Å². The van der Waals surface area contributed by atoms with Gasteiger partial charge in [-0.05, 0) is 35.8 Å². The molecular formula is C14H14BrN5O. The van der Waals surface area contributed by atoms with Crippen LogP contribution in [0.3, 0.4) is 0 Å². The van der Waals surface area contributed by atoms with Gasteiger partial charge in [-0.2, -0.15) is 0 Å². The predicted octanol–water partition coefficient (Wildman–Crippen LogP) is 2.13. The second-order valence-electron chi connectivity index (χ2n) is 4.77. The van der Waals surface area contributed by atoms with Crippen molar-refractivity contribution < 1.29 is 0 Å². The molecule has 0 atom stereocenters. The number of nitrogens with zero attached hydrogens (tertiary/aromatic N) is 5. The highest BCUT2D eigenvalue weighted by molar-refractivity contribution is 9.10. The maximum Gasteiger partial charge on any atom is 0.260 e. The van der Waals surface area contributed by atoms with Crippen LogP contribution in [0.2, 0.25) is 0 Å². The SMILES string of the molecule is CCn1nnc(C)c1Cn1ccc2c(Br)cncc2c1=O. The third kappa shape index (κ3) is 2.37. The normalized spacial score (nSPS) is 11.2. The molecule has 0 fully saturated rings. The molecule has 7 heteroatoms. The third-order valence-corrected chi connectivity index (χ3v) is 4.13. The molecule has 3 aromatic heterocycles. The smallest absolute Gasteiger partial charge is 0.260 e. The Labute approximate surface area is 129 Å². The van der Waals surface area contributed by atoms with E-state index < -0.39 is 0 Å². The highest BCUT2D eigenvalue weighted by atomic mass is 79.9. The van der Waals surface area contributed by atoms with E-state index in [-0.39, 0.29) is 5.56 Å². The number of hydrogen-bond donors (Lipinski definition) is 0. The average molecular weight is 348 g/mol. The van der Waals surface area contributed by atoms with Crippen molar-refractivity contribution in [2.75, 3.05) is 0 Å². The van der Waals surface area contributed by atoms with E-state index in [4.69, 9.17) is 0 Å². The number of rotatable bonds is 3. The van der Waals surface area contributed by atoms with Crippen molar-refractivity contribution in [3.8, 4) is 0 Å². The van der Waals surface area contributed by atoms with Gasteiger partial charge >= 0.3 is 0 Å². The summed E-state index contributed by atoms with van der Waals surface area (Å²) in [5.41, 5.74) is 1.72. The highest BCUT2D eigenvalue weighted by Gasteiger charge is 2.11. The summed E-state index contributed by atoms with van der Waals surface area (Å²) >= 11 is 3.42. The minimum Gasteiger partial charge on any atom is -0.309 e. The first-order chi connectivity index (χ1) is 10.1. The van der Waals surface area contributed by atoms with Gasteiger partial charge in [-0.25, -0.2) is 4.68 Å². The summed E-state index contributed by atoms with van der Waals surface area (Å²) in [6.07, 6.45) is 5.08. The first-order valence-electron chi connectivity index (χ1n) is 6.63. The first kappa shape index (κ1) is 13.9. The number of aryl methyl sites for hydroxylation is 2. The fourth-order valence-corrected chi connectivity index (χ4v) is 2.79. The van der Waals surface area contributed by atoms with Crippen LogP contribution in [0.5, 0.6) is 0 Å². The lowest BCUT2D eigenvalue weighted by molar-refractivity contribution is 0.578. The van der Waals surface area contributed by atoms with Gasteiger partial charge in [0.05, 0.1) is 23.3 Å². The van der Waals surface area contributed by atoms with Gasteiger partial charge in [-0.3, -0.25) is 9.78 Å². The van der Waals surface area contributed by atoms with E-state index in [9.17, 15) is 4.79 Å². The zero-order valence-electron chi connectivity index (χ0n) is 11.7. The number of pyridine rings is 2. The molecule has 0 bridgehead atoms. The maximum absolute atomic E-state index is 12.6. The van der Waals surface area contributed by atoms with Crippen molar-refractivity contribution in [3.63, 3.8) is 0 Å². The second-order valence-corrected chi connectivity index (χ2v) is 5.62. The van der Waals surface area contributed by atoms with E-state index >= 15 is 0 Å². The zero-order chi connectivity index (χ0) is 15.0. The summed E-state index contributed by atoms with van der Waals surface area (Å²) in [7, 11) is 0. The molecule has 0 unspecified atom stereocenters. The van der Waals surface area contributed by atoms with Crippen molar-refractivity contribution in [2.45, 2.75) is 26.9 Å². The van der Waals surface area contributed by atoms with Crippen LogP contribution in [0, 0.1) is 6.92 Å². The molecule has 0 spiro atoms. The van der Waals surface area contributed by atoms with Crippen LogP contribution in [-0.4, -0.2) is 24.5 Å². The lowest BCUT2D eigenvalue weighted by Gasteiger charge is -2.09. The van der Waals surface area contributed by atoms with Crippen LogP contribution < -0.4 is 5.56 Å². The van der Waals surface area contributed by atoms with Crippen LogP contribution in [0.25, 0.3) is 10.8 Å². The molecule has 3 aromatic rings. The van der Waals surface area contributed by atoms with Crippen molar-refractivity contribution >= 4 is 26.7 Å². The Morgan fingerprint density at radius 2 is 2.10 bits per heavy atom. The Hall–Kier alpha value is -2.02. The average Bonchev–Trinajstić information content (AvgIpc) is 2.83. The van der Waals surface area contributed by atoms with E-state index in [0.29, 0.717) is 11.9 Å². The lowest BCUT2D eigenvalue weighted by atomic mass is 10.2. The first-order valence-corrected chi connectivity index (χ1v) is 7.42. The Morgan fingerprint density at radius 1 is 1.29 bits per heavy atom. The molecule has 0 amide bonds. The topological polar surface area (TPSA) is 65.6 Å². The van der Waals surface area contributed by atoms with Gasteiger partial charge in [0.25, 0.3) is 5.56 Å². The molecule has 0 N–H and O–H groups in total. The number of halogens is 1. The summed E-state index contributed by atoms with van der Waals surface area (Å²) < 4.78 is 4.29. The zero-order valence-corrected chi connectivity index (χ0v) is 13.3. The van der Waals surface area contributed by atoms with Crippen LogP contribution in [0.15, 0.2) is 33.9 Å². The molecule has 0 aliphatic rings. The van der Waals surface area contributed by atoms with Gasteiger partial charge in [0.15, 0.2) is 0 Å². The highest BCUT2D eigenvalue weighted by Crippen LogP contribution is 2.19. The quantitative estimate of drug-likeness (QED) is 0.727. The van der Waals surface area contributed by atoms with Crippen LogP contribution in [-0.2, 0) is 13.1 Å². The van der Waals surface area contributed by atoms with Gasteiger partial charge < -0.3 is 4.57 Å². The summed E-state index contributed by atoms with van der Waals surface area (Å²) in [6, 6.07) is 1.91. The van der Waals surface area contributed by atoms with Gasteiger partial charge in [-0.15, -0.1) is 5.10 Å². The fourth-order valence-electron chi connectivity index (χ4n) is 2.33. The molecule has 0 aliphatic carbocycles. The Bertz CT molecular complexity index is 867. The minimum atomic E-state index is -0.0652. The van der Waals surface area contributed by atoms with Crippen molar-refractivity contribution in [2.24, 2.45) is 0 Å². The molecule has 0 saturated carbocycles. The molecule has 108 valence electrons. The van der Waals surface area contributed by atoms with Crippen molar-refractivity contribution in [1.29, 1.82) is 0 Å². The number of hydrogen-bond acceptors (Lipinski definition) is 4. The molecular weight excluding hydrogens is 334 g/mol. The Kier molecular flexibility index (Phi) is 3.59. The number of aromatic nitrogens is 5. The largest absolute Gasteiger partial charge is 0.309 e. The maximum atomic E-state index is 12.6. The third-order valence-electron chi connectivity index (χ3n) is 3.50. The van der Waals surface area contributed by atoms with E-state index in [1.165, 1.54) is 0 Å². The van der Waals surface area contributed by atoms with E-state index in [1.54, 1.807) is 23.2 Å². The summed E-state index contributed by atoms with van der Waals surface area (Å²) in [5, 5.41) is 9.60. The fraction of sp³-hybridized carbons (Fsp3) is 0.286. The van der Waals surface area contributed by atoms with Crippen LogP contribution in [0.4, 0.5) is 0 Å². The Morgan fingerprint density at radius 3 is 2.86 bits per heavy atom. The summed E-state index contributed by atoms with van der Waals surface area (Å²) in [6.45, 7) is 5.08.